The summed E-state index contributed by atoms with van der Waals surface area (Å²) in [6.45, 7) is 3.46. The van der Waals surface area contributed by atoms with Crippen LogP contribution in [-0.4, -0.2) is 204 Å². The molecule has 572 valence electrons. The van der Waals surface area contributed by atoms with Crippen molar-refractivity contribution in [2.24, 2.45) is 0 Å². The van der Waals surface area contributed by atoms with Crippen molar-refractivity contribution in [3.05, 3.63) is 0 Å². The Bertz CT molecular complexity index is 2010. The topological polar surface area (TPSA) is 374 Å². The van der Waals surface area contributed by atoms with Gasteiger partial charge < -0.3 is 89.1 Å². The van der Waals surface area contributed by atoms with E-state index in [0.717, 1.165) is 96.3 Å². The van der Waals surface area contributed by atoms with E-state index in [9.17, 15) is 74.9 Å². The lowest BCUT2D eigenvalue weighted by atomic mass is 9.84. The van der Waals surface area contributed by atoms with Gasteiger partial charge in [-0.2, -0.15) is 0 Å². The molecule has 97 heavy (non-hydrogen) atoms. The highest BCUT2D eigenvalue weighted by Crippen LogP contribution is 2.49. The van der Waals surface area contributed by atoms with Crippen LogP contribution in [0.1, 0.15) is 310 Å². The number of aliphatic hydroxyl groups is 10. The molecule has 2 aliphatic heterocycles. The van der Waals surface area contributed by atoms with Crippen molar-refractivity contribution in [3.63, 3.8) is 0 Å². The molecule has 2 heterocycles. The van der Waals surface area contributed by atoms with Crippen molar-refractivity contribution in [2.45, 2.75) is 414 Å². The summed E-state index contributed by atoms with van der Waals surface area (Å²) in [4.78, 5) is 50.9. The van der Waals surface area contributed by atoms with E-state index in [1.807, 2.05) is 0 Å². The van der Waals surface area contributed by atoms with Gasteiger partial charge in [0.15, 0.2) is 18.7 Å². The molecular weight excluding hydrogens is 1280 g/mol. The predicted molar refractivity (Wildman–Crippen MR) is 365 cm³/mol. The van der Waals surface area contributed by atoms with E-state index in [4.69, 9.17) is 42.2 Å². The number of aliphatic hydroxyl groups excluding tert-OH is 10. The number of phosphoric ester groups is 1. The summed E-state index contributed by atoms with van der Waals surface area (Å²) >= 11 is 0. The summed E-state index contributed by atoms with van der Waals surface area (Å²) in [6.07, 6.45) is 11.7. The number of hydrogen-bond donors (Lipinski definition) is 11. The molecule has 0 bridgehead atoms. The van der Waals surface area contributed by atoms with E-state index in [2.05, 4.69) is 20.8 Å². The molecule has 0 radical (unpaired) electrons. The SMILES string of the molecule is CCCCCCCCCCCCCCCCCCCC(=O)OCC1OC(OC2C(O)C(O)C(O)C(OC3OC(CO)C(O)C(O)C3O)C2OP(=O)(O)OCC(COC(=O)CCCCCCCCCCCCC)OC(=O)CCCCCCCCCCCCCCCC)C(O)C(O)C1O. The van der Waals surface area contributed by atoms with Gasteiger partial charge in [-0.3, -0.25) is 23.4 Å². The fraction of sp³-hybridized carbons (Fsp3) is 0.958. The lowest BCUT2D eigenvalue weighted by Gasteiger charge is -2.49. The third-order valence-corrected chi connectivity index (χ3v) is 20.1. The minimum absolute atomic E-state index is 0.0333. The zero-order valence-corrected chi connectivity index (χ0v) is 60.5. The van der Waals surface area contributed by atoms with Crippen LogP contribution in [0.25, 0.3) is 0 Å². The number of esters is 3. The summed E-state index contributed by atoms with van der Waals surface area (Å²) in [5, 5.41) is 110. The van der Waals surface area contributed by atoms with Gasteiger partial charge in [0.1, 0.15) is 98.7 Å². The van der Waals surface area contributed by atoms with Crippen LogP contribution in [0.15, 0.2) is 0 Å². The molecule has 3 aliphatic rings. The highest BCUT2D eigenvalue weighted by Gasteiger charge is 2.58. The summed E-state index contributed by atoms with van der Waals surface area (Å²) in [7, 11) is -5.69. The lowest BCUT2D eigenvalue weighted by Crippen LogP contribution is -2.69. The Hall–Kier alpha value is -2.04. The van der Waals surface area contributed by atoms with Crippen molar-refractivity contribution in [1.29, 1.82) is 0 Å². The lowest BCUT2D eigenvalue weighted by molar-refractivity contribution is -0.360. The predicted octanol–water partition coefficient (Wildman–Crippen LogP) is 10.6. The van der Waals surface area contributed by atoms with Gasteiger partial charge in [-0.15, -0.1) is 0 Å². The highest BCUT2D eigenvalue weighted by atomic mass is 31.2. The molecule has 1 aliphatic carbocycles. The van der Waals surface area contributed by atoms with Crippen molar-refractivity contribution < 1.29 is 117 Å². The molecule has 25 heteroatoms. The summed E-state index contributed by atoms with van der Waals surface area (Å²) in [6, 6.07) is 0. The van der Waals surface area contributed by atoms with Gasteiger partial charge in [-0.1, -0.05) is 271 Å². The number of carbonyl (C=O) groups excluding carboxylic acids is 3. The van der Waals surface area contributed by atoms with Crippen LogP contribution >= 0.6 is 7.82 Å². The normalized spacial score (nSPS) is 27.7. The van der Waals surface area contributed by atoms with Gasteiger partial charge in [0, 0.05) is 19.3 Å². The number of rotatable bonds is 60. The molecule has 0 aromatic heterocycles. The average Bonchev–Trinajstić information content (AvgIpc) is 0.763. The van der Waals surface area contributed by atoms with E-state index in [1.54, 1.807) is 0 Å². The molecule has 18 unspecified atom stereocenters. The molecule has 3 fully saturated rings. The van der Waals surface area contributed by atoms with Crippen LogP contribution in [0.3, 0.4) is 0 Å². The third-order valence-electron chi connectivity index (χ3n) is 19.1. The largest absolute Gasteiger partial charge is 0.472 e. The van der Waals surface area contributed by atoms with Crippen molar-refractivity contribution in [2.75, 3.05) is 26.4 Å². The molecule has 1 saturated carbocycles. The van der Waals surface area contributed by atoms with Gasteiger partial charge >= 0.3 is 25.7 Å². The Morgan fingerprint density at radius 1 is 0.361 bits per heavy atom. The maximum absolute atomic E-state index is 14.3. The minimum atomic E-state index is -5.69. The first-order valence-corrected chi connectivity index (χ1v) is 39.8. The van der Waals surface area contributed by atoms with Crippen LogP contribution in [0.4, 0.5) is 0 Å². The molecule has 0 spiro atoms. The first-order valence-electron chi connectivity index (χ1n) is 38.3. The van der Waals surface area contributed by atoms with Crippen LogP contribution in [0, 0.1) is 0 Å². The maximum Gasteiger partial charge on any atom is 0.472 e. The number of unbranched alkanes of at least 4 members (excludes halogenated alkanes) is 39. The van der Waals surface area contributed by atoms with Gasteiger partial charge in [0.2, 0.25) is 0 Å². The second-order valence-electron chi connectivity index (χ2n) is 27.7. The Labute approximate surface area is 580 Å². The third kappa shape index (κ3) is 37.8. The second kappa shape index (κ2) is 54.6. The highest BCUT2D eigenvalue weighted by molar-refractivity contribution is 7.47. The molecule has 2 saturated heterocycles. The van der Waals surface area contributed by atoms with Crippen LogP contribution in [0.5, 0.6) is 0 Å². The second-order valence-corrected chi connectivity index (χ2v) is 29.1. The van der Waals surface area contributed by atoms with Crippen molar-refractivity contribution >= 4 is 25.7 Å². The monoisotopic (exact) mass is 1410 g/mol. The Balaban J connectivity index is 1.71. The van der Waals surface area contributed by atoms with Crippen LogP contribution < -0.4 is 0 Å². The fourth-order valence-corrected chi connectivity index (χ4v) is 13.8. The number of carbonyl (C=O) groups is 3. The zero-order chi connectivity index (χ0) is 71.1. The molecule has 0 amide bonds. The first kappa shape index (κ1) is 89.2. The Morgan fingerprint density at radius 2 is 0.660 bits per heavy atom. The van der Waals surface area contributed by atoms with E-state index >= 15 is 0 Å². The van der Waals surface area contributed by atoms with Gasteiger partial charge in [-0.05, 0) is 19.3 Å². The van der Waals surface area contributed by atoms with Gasteiger partial charge in [0.25, 0.3) is 0 Å². The standard InChI is InChI=1S/C72H135O24P/c1-4-7-10-13-16-19-22-24-26-27-28-30-32-35-38-41-44-47-57(75)89-52-55-60(78)62(80)67(85)72(93-55)95-69-65(83)63(81)64(82)68(94-71-66(84)61(79)59(77)54(49-73)92-71)70(69)96-97(86,87)90-51-53(50-88-56(74)46-43-40-37-34-31-21-18-15-12-9-6-3)91-58(76)48-45-42-39-36-33-29-25-23-20-17-14-11-8-5-2/h53-55,59-73,77-85H,4-52H2,1-3H3,(H,86,87). The molecule has 0 aromatic carbocycles. The molecule has 11 N–H and O–H groups in total. The average molecular weight is 1420 g/mol. The molecule has 0 aromatic rings. The Kier molecular flexibility index (Phi) is 50.2. The zero-order valence-electron chi connectivity index (χ0n) is 59.6. The fourth-order valence-electron chi connectivity index (χ4n) is 12.9. The molecule has 18 atom stereocenters. The van der Waals surface area contributed by atoms with Crippen LogP contribution in [-0.2, 0) is 61.2 Å². The summed E-state index contributed by atoms with van der Waals surface area (Å²) in [5.41, 5.74) is 0. The van der Waals surface area contributed by atoms with Crippen molar-refractivity contribution in [1.82, 2.24) is 0 Å². The van der Waals surface area contributed by atoms with Crippen LogP contribution in [0.2, 0.25) is 0 Å². The van der Waals surface area contributed by atoms with E-state index in [0.29, 0.717) is 19.3 Å². The summed E-state index contributed by atoms with van der Waals surface area (Å²) < 4.78 is 65.0. The van der Waals surface area contributed by atoms with Gasteiger partial charge in [0.05, 0.1) is 13.2 Å². The first-order chi connectivity index (χ1) is 46.8. The van der Waals surface area contributed by atoms with E-state index < -0.39 is 156 Å². The van der Waals surface area contributed by atoms with E-state index in [1.165, 1.54) is 154 Å². The Morgan fingerprint density at radius 3 is 1.01 bits per heavy atom. The molecule has 3 rings (SSSR count). The minimum Gasteiger partial charge on any atom is -0.463 e. The molecular formula is C72H135O24P. The number of phosphoric acid groups is 1. The smallest absolute Gasteiger partial charge is 0.463 e. The number of hydrogen-bond acceptors (Lipinski definition) is 23. The maximum atomic E-state index is 14.3. The summed E-state index contributed by atoms with van der Waals surface area (Å²) in [5.74, 6) is -1.97. The van der Waals surface area contributed by atoms with E-state index in [-0.39, 0.29) is 19.3 Å². The quantitative estimate of drug-likeness (QED) is 0.0117. The van der Waals surface area contributed by atoms with Gasteiger partial charge in [-0.25, -0.2) is 4.57 Å². The van der Waals surface area contributed by atoms with Crippen molar-refractivity contribution in [3.8, 4) is 0 Å². The molecule has 24 nitrogen and oxygen atoms in total. The number of ether oxygens (including phenoxy) is 7.